The molecule has 1 aromatic heterocycles. The van der Waals surface area contributed by atoms with E-state index in [1.54, 1.807) is 18.5 Å². The molecular formula is C24H28N2O4S. The van der Waals surface area contributed by atoms with E-state index >= 15 is 0 Å². The zero-order valence-corrected chi connectivity index (χ0v) is 19.4. The molecule has 0 fully saturated rings. The van der Waals surface area contributed by atoms with E-state index in [-0.39, 0.29) is 0 Å². The molecule has 0 unspecified atom stereocenters. The molecule has 1 aliphatic rings. The van der Waals surface area contributed by atoms with Gasteiger partial charge >= 0.3 is 0 Å². The number of rotatable bonds is 5. The first-order valence-corrected chi connectivity index (χ1v) is 11.7. The number of methoxy groups -OCH3 is 2. The third-order valence-corrected chi connectivity index (χ3v) is 8.06. The second-order valence-electron chi connectivity index (χ2n) is 7.99. The van der Waals surface area contributed by atoms with E-state index in [0.29, 0.717) is 29.5 Å². The van der Waals surface area contributed by atoms with E-state index in [0.717, 1.165) is 27.9 Å². The van der Waals surface area contributed by atoms with Gasteiger partial charge in [0.05, 0.1) is 25.2 Å². The Morgan fingerprint density at radius 2 is 1.58 bits per heavy atom. The van der Waals surface area contributed by atoms with Crippen molar-refractivity contribution in [2.45, 2.75) is 38.3 Å². The van der Waals surface area contributed by atoms with Crippen LogP contribution >= 0.6 is 0 Å². The number of benzene rings is 2. The normalized spacial score (nSPS) is 16.7. The van der Waals surface area contributed by atoms with Crippen molar-refractivity contribution >= 4 is 10.0 Å². The molecule has 1 aliphatic heterocycles. The Balaban J connectivity index is 1.90. The summed E-state index contributed by atoms with van der Waals surface area (Å²) in [4.78, 5) is 0.392. The third kappa shape index (κ3) is 3.62. The van der Waals surface area contributed by atoms with Crippen molar-refractivity contribution in [1.29, 1.82) is 0 Å². The Morgan fingerprint density at radius 1 is 0.903 bits per heavy atom. The highest BCUT2D eigenvalue weighted by Gasteiger charge is 2.39. The molecule has 0 saturated heterocycles. The highest BCUT2D eigenvalue weighted by molar-refractivity contribution is 7.89. The van der Waals surface area contributed by atoms with E-state index in [9.17, 15) is 8.42 Å². The summed E-state index contributed by atoms with van der Waals surface area (Å²) in [6.07, 6.45) is 2.00. The topological polar surface area (TPSA) is 60.8 Å². The largest absolute Gasteiger partial charge is 0.493 e. The van der Waals surface area contributed by atoms with Crippen molar-refractivity contribution in [1.82, 2.24) is 8.87 Å². The van der Waals surface area contributed by atoms with Gasteiger partial charge in [0.2, 0.25) is 10.0 Å². The third-order valence-electron chi connectivity index (χ3n) is 5.89. The maximum absolute atomic E-state index is 14.0. The first kappa shape index (κ1) is 21.5. The maximum Gasteiger partial charge on any atom is 0.244 e. The first-order chi connectivity index (χ1) is 14.8. The van der Waals surface area contributed by atoms with Crippen molar-refractivity contribution < 1.29 is 17.9 Å². The summed E-state index contributed by atoms with van der Waals surface area (Å²) in [5, 5.41) is 0. The minimum atomic E-state index is -3.75. The van der Waals surface area contributed by atoms with E-state index in [1.807, 2.05) is 69.4 Å². The summed E-state index contributed by atoms with van der Waals surface area (Å²) in [5.41, 5.74) is 4.36. The van der Waals surface area contributed by atoms with Gasteiger partial charge in [0, 0.05) is 25.0 Å². The molecule has 0 bridgehead atoms. The van der Waals surface area contributed by atoms with Crippen molar-refractivity contribution in [3.05, 3.63) is 76.6 Å². The van der Waals surface area contributed by atoms with Gasteiger partial charge in [0.25, 0.3) is 0 Å². The predicted octanol–water partition coefficient (Wildman–Crippen LogP) is 4.22. The van der Waals surface area contributed by atoms with Gasteiger partial charge in [-0.25, -0.2) is 8.42 Å². The highest BCUT2D eigenvalue weighted by atomic mass is 32.2. The number of hydrogen-bond acceptors (Lipinski definition) is 4. The number of sulfonamides is 1. The second-order valence-corrected chi connectivity index (χ2v) is 9.81. The van der Waals surface area contributed by atoms with Gasteiger partial charge in [0.1, 0.15) is 0 Å². The lowest BCUT2D eigenvalue weighted by molar-refractivity contribution is 0.296. The molecule has 0 N–H and O–H groups in total. The van der Waals surface area contributed by atoms with Crippen molar-refractivity contribution in [3.8, 4) is 11.5 Å². The van der Waals surface area contributed by atoms with Crippen LogP contribution in [-0.4, -0.2) is 38.1 Å². The lowest BCUT2D eigenvalue weighted by Crippen LogP contribution is -2.42. The van der Waals surface area contributed by atoms with E-state index in [4.69, 9.17) is 9.47 Å². The quantitative estimate of drug-likeness (QED) is 0.596. The van der Waals surface area contributed by atoms with Crippen LogP contribution in [0.3, 0.4) is 0 Å². The molecule has 0 radical (unpaired) electrons. The van der Waals surface area contributed by atoms with Gasteiger partial charge in [0.15, 0.2) is 11.5 Å². The van der Waals surface area contributed by atoms with Crippen LogP contribution in [0, 0.1) is 20.8 Å². The SMILES string of the molecule is COc1ccc([C@H]2c3cccn3CCN2S(=O)(=O)c2c(C)cc(C)cc2C)cc1OC. The molecule has 0 spiro atoms. The molecule has 2 heterocycles. The molecule has 2 aromatic carbocycles. The maximum atomic E-state index is 14.0. The standard InChI is InChI=1S/C24H28N2O4S/c1-16-13-17(2)24(18(3)14-16)31(27,28)26-12-11-25-10-6-7-20(25)23(26)19-8-9-21(29-4)22(15-19)30-5/h6-10,13-15,23H,11-12H2,1-5H3/t23-/m0/s1. The van der Waals surface area contributed by atoms with Crippen molar-refractivity contribution in [2.24, 2.45) is 0 Å². The average molecular weight is 441 g/mol. The van der Waals surface area contributed by atoms with Gasteiger partial charge in [-0.05, 0) is 61.7 Å². The molecule has 164 valence electrons. The highest BCUT2D eigenvalue weighted by Crippen LogP contribution is 2.40. The zero-order valence-electron chi connectivity index (χ0n) is 18.5. The minimum Gasteiger partial charge on any atom is -0.493 e. The Kier molecular flexibility index (Phi) is 5.58. The summed E-state index contributed by atoms with van der Waals surface area (Å²) in [5.74, 6) is 1.18. The van der Waals surface area contributed by atoms with Gasteiger partial charge in [-0.1, -0.05) is 23.8 Å². The molecule has 4 rings (SSSR count). The minimum absolute atomic E-state index is 0.385. The van der Waals surface area contributed by atoms with Crippen LogP contribution < -0.4 is 9.47 Å². The molecule has 3 aromatic rings. The number of aromatic nitrogens is 1. The fourth-order valence-corrected chi connectivity index (χ4v) is 6.67. The average Bonchev–Trinajstić information content (AvgIpc) is 3.20. The van der Waals surface area contributed by atoms with Crippen LogP contribution in [0.15, 0.2) is 53.6 Å². The molecule has 6 nitrogen and oxygen atoms in total. The lowest BCUT2D eigenvalue weighted by atomic mass is 10.0. The summed E-state index contributed by atoms with van der Waals surface area (Å²) in [6, 6.07) is 12.9. The van der Waals surface area contributed by atoms with Crippen molar-refractivity contribution in [2.75, 3.05) is 20.8 Å². The van der Waals surface area contributed by atoms with Gasteiger partial charge in [-0.15, -0.1) is 0 Å². The van der Waals surface area contributed by atoms with E-state index < -0.39 is 16.1 Å². The Labute approximate surface area is 184 Å². The Bertz CT molecular complexity index is 1210. The van der Waals surface area contributed by atoms with Crippen LogP contribution in [0.2, 0.25) is 0 Å². The lowest BCUT2D eigenvalue weighted by Gasteiger charge is -2.37. The summed E-state index contributed by atoms with van der Waals surface area (Å²) >= 11 is 0. The van der Waals surface area contributed by atoms with Gasteiger partial charge in [-0.3, -0.25) is 0 Å². The Morgan fingerprint density at radius 3 is 2.23 bits per heavy atom. The molecule has 31 heavy (non-hydrogen) atoms. The van der Waals surface area contributed by atoms with Crippen LogP contribution in [0.5, 0.6) is 11.5 Å². The molecule has 0 amide bonds. The monoisotopic (exact) mass is 440 g/mol. The molecule has 7 heteroatoms. The molecule has 0 aliphatic carbocycles. The fourth-order valence-electron chi connectivity index (χ4n) is 4.67. The Hall–Kier alpha value is -2.77. The second kappa shape index (κ2) is 8.05. The van der Waals surface area contributed by atoms with Gasteiger partial charge in [-0.2, -0.15) is 4.31 Å². The van der Waals surface area contributed by atoms with Crippen LogP contribution in [0.1, 0.15) is 34.0 Å². The summed E-state index contributed by atoms with van der Waals surface area (Å²) in [6.45, 7) is 6.71. The van der Waals surface area contributed by atoms with Crippen LogP contribution in [0.25, 0.3) is 0 Å². The molecule has 0 saturated carbocycles. The summed E-state index contributed by atoms with van der Waals surface area (Å²) in [7, 11) is -0.577. The number of nitrogens with zero attached hydrogens (tertiary/aromatic N) is 2. The smallest absolute Gasteiger partial charge is 0.244 e. The molecular weight excluding hydrogens is 412 g/mol. The number of fused-ring (bicyclic) bond motifs is 1. The van der Waals surface area contributed by atoms with Crippen LogP contribution in [0.4, 0.5) is 0 Å². The van der Waals surface area contributed by atoms with Gasteiger partial charge < -0.3 is 14.0 Å². The van der Waals surface area contributed by atoms with Crippen molar-refractivity contribution in [3.63, 3.8) is 0 Å². The first-order valence-electron chi connectivity index (χ1n) is 10.2. The summed E-state index contributed by atoms with van der Waals surface area (Å²) < 4.78 is 42.6. The molecule has 1 atom stereocenters. The fraction of sp³-hybridized carbons (Fsp3) is 0.333. The number of hydrogen-bond donors (Lipinski definition) is 0. The van der Waals surface area contributed by atoms with Crippen LogP contribution in [-0.2, 0) is 16.6 Å². The number of ether oxygens (including phenoxy) is 2. The predicted molar refractivity (Wildman–Crippen MR) is 120 cm³/mol. The zero-order chi connectivity index (χ0) is 22.3. The number of aryl methyl sites for hydroxylation is 3. The van der Waals surface area contributed by atoms with E-state index in [1.165, 1.54) is 0 Å². The van der Waals surface area contributed by atoms with E-state index in [2.05, 4.69) is 4.57 Å².